The van der Waals surface area contributed by atoms with Crippen LogP contribution in [0.25, 0.3) is 17.2 Å². The Hall–Kier alpha value is -3.36. The van der Waals surface area contributed by atoms with Crippen molar-refractivity contribution >= 4 is 11.3 Å². The van der Waals surface area contributed by atoms with Crippen molar-refractivity contribution < 1.29 is 0 Å². The molecule has 0 saturated carbocycles. The maximum Gasteiger partial charge on any atom is 0.200 e. The van der Waals surface area contributed by atoms with E-state index in [-0.39, 0.29) is 6.04 Å². The molecule has 0 N–H and O–H groups in total. The summed E-state index contributed by atoms with van der Waals surface area (Å²) in [6.07, 6.45) is 4.28. The average molecular weight is 361 g/mol. The standard InChI is InChI=1S/C18H19N9/c1-3-13-8-15(18-22-20-11-26(18)24-13)25-9-12(2)27-16(10-25)21-23-17(27)14-6-4-5-7-19-14/h4-8,11-12H,3,9-10H2,1-2H3/t12-/m0/s1. The lowest BCUT2D eigenvalue weighted by Gasteiger charge is -2.34. The van der Waals surface area contributed by atoms with Crippen LogP contribution in [0, 0.1) is 0 Å². The van der Waals surface area contributed by atoms with Gasteiger partial charge in [0.1, 0.15) is 12.0 Å². The van der Waals surface area contributed by atoms with Crippen molar-refractivity contribution in [2.45, 2.75) is 32.9 Å². The molecule has 0 bridgehead atoms. The molecular weight excluding hydrogens is 342 g/mol. The number of fused-ring (bicyclic) bond motifs is 2. The fraction of sp³-hybridized carbons (Fsp3) is 0.333. The number of rotatable bonds is 3. The molecule has 27 heavy (non-hydrogen) atoms. The van der Waals surface area contributed by atoms with E-state index in [9.17, 15) is 0 Å². The Morgan fingerprint density at radius 1 is 1.19 bits per heavy atom. The monoisotopic (exact) mass is 361 g/mol. The van der Waals surface area contributed by atoms with E-state index in [1.54, 1.807) is 17.0 Å². The molecule has 0 aromatic carbocycles. The molecule has 0 spiro atoms. The van der Waals surface area contributed by atoms with Crippen LogP contribution < -0.4 is 4.90 Å². The molecule has 1 atom stereocenters. The first-order valence-corrected chi connectivity index (χ1v) is 9.04. The first kappa shape index (κ1) is 15.9. The van der Waals surface area contributed by atoms with E-state index in [0.717, 1.165) is 47.3 Å². The molecule has 0 fully saturated rings. The van der Waals surface area contributed by atoms with Crippen molar-refractivity contribution in [3.63, 3.8) is 0 Å². The number of aromatic nitrogens is 8. The summed E-state index contributed by atoms with van der Waals surface area (Å²) >= 11 is 0. The summed E-state index contributed by atoms with van der Waals surface area (Å²) in [5.74, 6) is 1.73. The van der Waals surface area contributed by atoms with E-state index in [4.69, 9.17) is 0 Å². The molecule has 0 radical (unpaired) electrons. The van der Waals surface area contributed by atoms with E-state index >= 15 is 0 Å². The van der Waals surface area contributed by atoms with Crippen LogP contribution in [0.3, 0.4) is 0 Å². The van der Waals surface area contributed by atoms with Gasteiger partial charge in [-0.3, -0.25) is 4.98 Å². The average Bonchev–Trinajstić information content (AvgIpc) is 3.34. The molecule has 4 aromatic rings. The minimum Gasteiger partial charge on any atom is -0.359 e. The Balaban J connectivity index is 1.57. The van der Waals surface area contributed by atoms with Crippen LogP contribution in [0.5, 0.6) is 0 Å². The number of hydrogen-bond acceptors (Lipinski definition) is 7. The predicted molar refractivity (Wildman–Crippen MR) is 99.2 cm³/mol. The molecule has 0 saturated heterocycles. The number of aryl methyl sites for hydroxylation is 1. The van der Waals surface area contributed by atoms with Crippen molar-refractivity contribution in [1.29, 1.82) is 0 Å². The van der Waals surface area contributed by atoms with Gasteiger partial charge in [0, 0.05) is 12.7 Å². The summed E-state index contributed by atoms with van der Waals surface area (Å²) < 4.78 is 3.93. The molecule has 4 aromatic heterocycles. The minimum atomic E-state index is 0.196. The maximum atomic E-state index is 4.54. The molecule has 5 heterocycles. The predicted octanol–water partition coefficient (Wildman–Crippen LogP) is 1.92. The summed E-state index contributed by atoms with van der Waals surface area (Å²) in [6.45, 7) is 5.74. The second kappa shape index (κ2) is 6.11. The summed E-state index contributed by atoms with van der Waals surface area (Å²) in [4.78, 5) is 6.71. The number of pyridine rings is 1. The molecule has 0 aliphatic carbocycles. The van der Waals surface area contributed by atoms with E-state index in [1.807, 2.05) is 18.2 Å². The molecule has 9 nitrogen and oxygen atoms in total. The zero-order valence-corrected chi connectivity index (χ0v) is 15.2. The molecule has 9 heteroatoms. The summed E-state index contributed by atoms with van der Waals surface area (Å²) in [5.41, 5.74) is 3.64. The van der Waals surface area contributed by atoms with E-state index in [2.05, 4.69) is 59.9 Å². The van der Waals surface area contributed by atoms with Gasteiger partial charge < -0.3 is 9.47 Å². The van der Waals surface area contributed by atoms with Crippen molar-refractivity contribution in [3.8, 4) is 11.5 Å². The first-order valence-electron chi connectivity index (χ1n) is 9.04. The first-order chi connectivity index (χ1) is 13.2. The van der Waals surface area contributed by atoms with Crippen LogP contribution in [-0.2, 0) is 13.0 Å². The van der Waals surface area contributed by atoms with Crippen molar-refractivity contribution in [2.24, 2.45) is 0 Å². The molecular formula is C18H19N9. The molecule has 0 amide bonds. The summed E-state index contributed by atoms with van der Waals surface area (Å²) in [6, 6.07) is 8.13. The molecule has 1 aliphatic heterocycles. The molecule has 5 rings (SSSR count). The van der Waals surface area contributed by atoms with E-state index < -0.39 is 0 Å². The van der Waals surface area contributed by atoms with Gasteiger partial charge in [-0.15, -0.1) is 20.4 Å². The lowest BCUT2D eigenvalue weighted by Crippen LogP contribution is -2.37. The normalized spacial score (nSPS) is 16.7. The Bertz CT molecular complexity index is 1100. The van der Waals surface area contributed by atoms with Gasteiger partial charge in [0.05, 0.1) is 24.0 Å². The van der Waals surface area contributed by atoms with Gasteiger partial charge >= 0.3 is 0 Å². The Labute approximate surface area is 155 Å². The quantitative estimate of drug-likeness (QED) is 0.551. The van der Waals surface area contributed by atoms with Crippen LogP contribution in [0.4, 0.5) is 5.69 Å². The van der Waals surface area contributed by atoms with Crippen molar-refractivity contribution in [1.82, 2.24) is 39.6 Å². The molecule has 1 aliphatic rings. The van der Waals surface area contributed by atoms with Gasteiger partial charge in [0.2, 0.25) is 5.65 Å². The molecule has 136 valence electrons. The highest BCUT2D eigenvalue weighted by Gasteiger charge is 2.29. The SMILES string of the molecule is CCc1cc(N2Cc3nnc(-c4ccccn4)n3[C@@H](C)C2)c2nncn2n1. The van der Waals surface area contributed by atoms with E-state index in [0.29, 0.717) is 6.54 Å². The Morgan fingerprint density at radius 3 is 2.93 bits per heavy atom. The second-order valence-electron chi connectivity index (χ2n) is 6.73. The van der Waals surface area contributed by atoms with E-state index in [1.165, 1.54) is 0 Å². The van der Waals surface area contributed by atoms with Crippen molar-refractivity contribution in [3.05, 3.63) is 48.3 Å². The topological polar surface area (TPSA) is 89.9 Å². The fourth-order valence-corrected chi connectivity index (χ4v) is 3.65. The zero-order valence-electron chi connectivity index (χ0n) is 15.2. The van der Waals surface area contributed by atoms with Crippen LogP contribution in [0.2, 0.25) is 0 Å². The third kappa shape index (κ3) is 2.54. The van der Waals surface area contributed by atoms with Crippen LogP contribution in [0.1, 0.15) is 31.4 Å². The third-order valence-electron chi connectivity index (χ3n) is 4.92. The maximum absolute atomic E-state index is 4.54. The number of nitrogens with zero attached hydrogens (tertiary/aromatic N) is 9. The van der Waals surface area contributed by atoms with Crippen molar-refractivity contribution in [2.75, 3.05) is 11.4 Å². The Kier molecular flexibility index (Phi) is 3.59. The van der Waals surface area contributed by atoms with Crippen LogP contribution in [-0.4, -0.2) is 46.1 Å². The summed E-state index contributed by atoms with van der Waals surface area (Å²) in [5, 5.41) is 21.7. The highest BCUT2D eigenvalue weighted by atomic mass is 15.4. The zero-order chi connectivity index (χ0) is 18.4. The minimum absolute atomic E-state index is 0.196. The van der Waals surface area contributed by atoms with Gasteiger partial charge in [0.25, 0.3) is 0 Å². The highest BCUT2D eigenvalue weighted by Crippen LogP contribution is 2.31. The number of anilines is 1. The lowest BCUT2D eigenvalue weighted by molar-refractivity contribution is 0.466. The number of hydrogen-bond donors (Lipinski definition) is 0. The van der Waals surface area contributed by atoms with Gasteiger partial charge in [0.15, 0.2) is 11.6 Å². The third-order valence-corrected chi connectivity index (χ3v) is 4.92. The van der Waals surface area contributed by atoms with Gasteiger partial charge in [-0.25, -0.2) is 0 Å². The highest BCUT2D eigenvalue weighted by molar-refractivity contribution is 5.68. The fourth-order valence-electron chi connectivity index (χ4n) is 3.65. The van der Waals surface area contributed by atoms with Gasteiger partial charge in [-0.05, 0) is 31.5 Å². The van der Waals surface area contributed by atoms with Crippen LogP contribution in [0.15, 0.2) is 36.8 Å². The lowest BCUT2D eigenvalue weighted by atomic mass is 10.2. The Morgan fingerprint density at radius 2 is 2.11 bits per heavy atom. The largest absolute Gasteiger partial charge is 0.359 e. The van der Waals surface area contributed by atoms with Gasteiger partial charge in [-0.2, -0.15) is 9.61 Å². The second-order valence-corrected chi connectivity index (χ2v) is 6.73. The van der Waals surface area contributed by atoms with Crippen LogP contribution >= 0.6 is 0 Å². The van der Waals surface area contributed by atoms with Gasteiger partial charge in [-0.1, -0.05) is 13.0 Å². The summed E-state index contributed by atoms with van der Waals surface area (Å²) in [7, 11) is 0. The smallest absolute Gasteiger partial charge is 0.200 e. The molecule has 0 unspecified atom stereocenters.